The van der Waals surface area contributed by atoms with Gasteiger partial charge in [0.15, 0.2) is 0 Å². The lowest BCUT2D eigenvalue weighted by Crippen LogP contribution is -2.07. The number of aliphatic hydroxyl groups excluding tert-OH is 1. The maximum atomic E-state index is 8.87. The normalized spacial score (nSPS) is 12.2. The van der Waals surface area contributed by atoms with Gasteiger partial charge in [0.05, 0.1) is 7.11 Å². The number of methoxy groups -OCH3 is 1. The molecule has 0 amide bonds. The molecular weight excluding hydrogens is 204 g/mol. The standard InChI is InChI=1S/C12H20N2O2/c1-10(9-15)5-4-8-13-11-6-3-7-12(14-11)16-2/h3,6-7,10,15H,4-5,8-9H2,1-2H3,(H,13,14). The van der Waals surface area contributed by atoms with Gasteiger partial charge in [0.2, 0.25) is 5.88 Å². The molecule has 1 rings (SSSR count). The number of aliphatic hydroxyl groups is 1. The van der Waals surface area contributed by atoms with Gasteiger partial charge in [-0.25, -0.2) is 0 Å². The van der Waals surface area contributed by atoms with Crippen molar-refractivity contribution in [3.8, 4) is 5.88 Å². The summed E-state index contributed by atoms with van der Waals surface area (Å²) in [6.07, 6.45) is 2.05. The van der Waals surface area contributed by atoms with Crippen LogP contribution >= 0.6 is 0 Å². The van der Waals surface area contributed by atoms with E-state index < -0.39 is 0 Å². The van der Waals surface area contributed by atoms with Gasteiger partial charge in [-0.3, -0.25) is 0 Å². The van der Waals surface area contributed by atoms with Crippen LogP contribution in [0.5, 0.6) is 5.88 Å². The highest BCUT2D eigenvalue weighted by atomic mass is 16.5. The number of anilines is 1. The lowest BCUT2D eigenvalue weighted by Gasteiger charge is -2.09. The predicted octanol–water partition coefficient (Wildman–Crippen LogP) is 1.91. The van der Waals surface area contributed by atoms with E-state index in [-0.39, 0.29) is 6.61 Å². The van der Waals surface area contributed by atoms with Crippen LogP contribution in [-0.2, 0) is 0 Å². The third kappa shape index (κ3) is 4.49. The highest BCUT2D eigenvalue weighted by Crippen LogP contribution is 2.11. The molecule has 0 saturated carbocycles. The Morgan fingerprint density at radius 3 is 3.00 bits per heavy atom. The van der Waals surface area contributed by atoms with E-state index >= 15 is 0 Å². The van der Waals surface area contributed by atoms with E-state index in [4.69, 9.17) is 9.84 Å². The molecule has 0 saturated heterocycles. The molecule has 0 aromatic carbocycles. The van der Waals surface area contributed by atoms with E-state index in [1.165, 1.54) is 0 Å². The number of hydrogen-bond donors (Lipinski definition) is 2. The van der Waals surface area contributed by atoms with Crippen molar-refractivity contribution in [1.29, 1.82) is 0 Å². The average molecular weight is 224 g/mol. The molecule has 4 nitrogen and oxygen atoms in total. The second-order valence-electron chi connectivity index (χ2n) is 3.92. The topological polar surface area (TPSA) is 54.4 Å². The van der Waals surface area contributed by atoms with Crippen molar-refractivity contribution in [2.24, 2.45) is 5.92 Å². The van der Waals surface area contributed by atoms with Crippen molar-refractivity contribution < 1.29 is 9.84 Å². The summed E-state index contributed by atoms with van der Waals surface area (Å²) >= 11 is 0. The van der Waals surface area contributed by atoms with Crippen LogP contribution in [0.15, 0.2) is 18.2 Å². The molecule has 1 atom stereocenters. The highest BCUT2D eigenvalue weighted by Gasteiger charge is 2.00. The molecule has 0 fully saturated rings. The molecule has 1 unspecified atom stereocenters. The molecule has 1 aromatic rings. The largest absolute Gasteiger partial charge is 0.481 e. The second-order valence-corrected chi connectivity index (χ2v) is 3.92. The number of hydrogen-bond acceptors (Lipinski definition) is 4. The third-order valence-corrected chi connectivity index (χ3v) is 2.42. The number of pyridine rings is 1. The molecule has 0 bridgehead atoms. The van der Waals surface area contributed by atoms with Gasteiger partial charge in [-0.1, -0.05) is 13.0 Å². The first-order valence-electron chi connectivity index (χ1n) is 5.62. The predicted molar refractivity (Wildman–Crippen MR) is 64.8 cm³/mol. The van der Waals surface area contributed by atoms with Crippen molar-refractivity contribution in [2.75, 3.05) is 25.6 Å². The fraction of sp³-hybridized carbons (Fsp3) is 0.583. The fourth-order valence-electron chi connectivity index (χ4n) is 1.39. The van der Waals surface area contributed by atoms with E-state index in [9.17, 15) is 0 Å². The second kappa shape index (κ2) is 7.06. The highest BCUT2D eigenvalue weighted by molar-refractivity contribution is 5.36. The molecule has 4 heteroatoms. The van der Waals surface area contributed by atoms with Gasteiger partial charge in [-0.05, 0) is 24.8 Å². The summed E-state index contributed by atoms with van der Waals surface area (Å²) in [5, 5.41) is 12.1. The number of aromatic nitrogens is 1. The molecule has 0 radical (unpaired) electrons. The molecule has 1 heterocycles. The minimum absolute atomic E-state index is 0.261. The average Bonchev–Trinajstić information content (AvgIpc) is 2.34. The van der Waals surface area contributed by atoms with Crippen LogP contribution in [0.3, 0.4) is 0 Å². The number of rotatable bonds is 7. The summed E-state index contributed by atoms with van der Waals surface area (Å²) in [6.45, 7) is 3.17. The van der Waals surface area contributed by atoms with E-state index in [0.29, 0.717) is 11.8 Å². The van der Waals surface area contributed by atoms with Crippen LogP contribution in [0.1, 0.15) is 19.8 Å². The summed E-state index contributed by atoms with van der Waals surface area (Å²) < 4.78 is 5.03. The molecule has 2 N–H and O–H groups in total. The van der Waals surface area contributed by atoms with Crippen LogP contribution < -0.4 is 10.1 Å². The lowest BCUT2D eigenvalue weighted by atomic mass is 10.1. The Hall–Kier alpha value is -1.29. The Morgan fingerprint density at radius 2 is 2.31 bits per heavy atom. The quantitative estimate of drug-likeness (QED) is 0.695. The smallest absolute Gasteiger partial charge is 0.214 e. The van der Waals surface area contributed by atoms with Gasteiger partial charge in [0.1, 0.15) is 5.82 Å². The number of nitrogens with zero attached hydrogens (tertiary/aromatic N) is 1. The summed E-state index contributed by atoms with van der Waals surface area (Å²) in [5.74, 6) is 1.82. The first-order valence-corrected chi connectivity index (χ1v) is 5.62. The van der Waals surface area contributed by atoms with E-state index in [1.807, 2.05) is 25.1 Å². The molecule has 0 aliphatic rings. The maximum absolute atomic E-state index is 8.87. The zero-order chi connectivity index (χ0) is 11.8. The van der Waals surface area contributed by atoms with Crippen LogP contribution in [-0.4, -0.2) is 30.4 Å². The zero-order valence-electron chi connectivity index (χ0n) is 9.94. The Bertz CT molecular complexity index is 305. The Morgan fingerprint density at radius 1 is 1.50 bits per heavy atom. The maximum Gasteiger partial charge on any atom is 0.214 e. The molecule has 0 aliphatic heterocycles. The van der Waals surface area contributed by atoms with Gasteiger partial charge < -0.3 is 15.2 Å². The first-order chi connectivity index (χ1) is 7.76. The van der Waals surface area contributed by atoms with Crippen molar-refractivity contribution >= 4 is 5.82 Å². The molecule has 0 spiro atoms. The van der Waals surface area contributed by atoms with Crippen LogP contribution in [0, 0.1) is 5.92 Å². The first kappa shape index (κ1) is 12.8. The van der Waals surface area contributed by atoms with Crippen LogP contribution in [0.2, 0.25) is 0 Å². The molecule has 16 heavy (non-hydrogen) atoms. The molecule has 0 aliphatic carbocycles. The molecule has 1 aromatic heterocycles. The molecular formula is C12H20N2O2. The van der Waals surface area contributed by atoms with Crippen molar-refractivity contribution in [1.82, 2.24) is 4.98 Å². The minimum Gasteiger partial charge on any atom is -0.481 e. The van der Waals surface area contributed by atoms with Crippen molar-refractivity contribution in [2.45, 2.75) is 19.8 Å². The number of nitrogens with one attached hydrogen (secondary N) is 1. The van der Waals surface area contributed by atoms with Gasteiger partial charge in [-0.15, -0.1) is 0 Å². The van der Waals surface area contributed by atoms with Crippen LogP contribution in [0.4, 0.5) is 5.82 Å². The Labute approximate surface area is 96.7 Å². The van der Waals surface area contributed by atoms with E-state index in [1.54, 1.807) is 7.11 Å². The fourth-order valence-corrected chi connectivity index (χ4v) is 1.39. The van der Waals surface area contributed by atoms with Gasteiger partial charge in [0.25, 0.3) is 0 Å². The van der Waals surface area contributed by atoms with E-state index in [2.05, 4.69) is 10.3 Å². The van der Waals surface area contributed by atoms with Gasteiger partial charge in [-0.2, -0.15) is 4.98 Å². The summed E-state index contributed by atoms with van der Waals surface area (Å²) in [7, 11) is 1.61. The monoisotopic (exact) mass is 224 g/mol. The van der Waals surface area contributed by atoms with Crippen LogP contribution in [0.25, 0.3) is 0 Å². The van der Waals surface area contributed by atoms with E-state index in [0.717, 1.165) is 25.2 Å². The lowest BCUT2D eigenvalue weighted by molar-refractivity contribution is 0.229. The van der Waals surface area contributed by atoms with Crippen molar-refractivity contribution in [3.05, 3.63) is 18.2 Å². The van der Waals surface area contributed by atoms with Crippen molar-refractivity contribution in [3.63, 3.8) is 0 Å². The summed E-state index contributed by atoms with van der Waals surface area (Å²) in [5.41, 5.74) is 0. The van der Waals surface area contributed by atoms with Gasteiger partial charge >= 0.3 is 0 Å². The Balaban J connectivity index is 2.26. The zero-order valence-corrected chi connectivity index (χ0v) is 9.94. The molecule has 90 valence electrons. The van der Waals surface area contributed by atoms with Gasteiger partial charge in [0, 0.05) is 19.2 Å². The number of ether oxygens (including phenoxy) is 1. The SMILES string of the molecule is COc1cccc(NCCCC(C)CO)n1. The summed E-state index contributed by atoms with van der Waals surface area (Å²) in [6, 6.07) is 5.64. The summed E-state index contributed by atoms with van der Waals surface area (Å²) in [4.78, 5) is 4.25. The minimum atomic E-state index is 0.261. The third-order valence-electron chi connectivity index (χ3n) is 2.42. The Kier molecular flexibility index (Phi) is 5.64.